The summed E-state index contributed by atoms with van der Waals surface area (Å²) in [5.74, 6) is -0.363. The van der Waals surface area contributed by atoms with E-state index in [0.717, 1.165) is 16.8 Å². The molecule has 0 unspecified atom stereocenters. The van der Waals surface area contributed by atoms with E-state index in [4.69, 9.17) is 23.8 Å². The molecule has 1 heterocycles. The zero-order valence-electron chi connectivity index (χ0n) is 14.6. The van der Waals surface area contributed by atoms with Gasteiger partial charge < -0.3 is 5.32 Å². The second-order valence-corrected chi connectivity index (χ2v) is 8.11. The molecule has 138 valence electrons. The fraction of sp³-hybridized carbons (Fsp3) is 0.150. The number of thiocarbonyl (C=S) groups is 1. The van der Waals surface area contributed by atoms with Crippen LogP contribution in [0.3, 0.4) is 0 Å². The quantitative estimate of drug-likeness (QED) is 0.557. The molecule has 1 N–H and O–H groups in total. The normalized spacial score (nSPS) is 15.5. The van der Waals surface area contributed by atoms with Crippen LogP contribution >= 0.6 is 35.6 Å². The van der Waals surface area contributed by atoms with Crippen LogP contribution in [-0.2, 0) is 9.59 Å². The van der Waals surface area contributed by atoms with Crippen LogP contribution in [-0.4, -0.2) is 27.6 Å². The van der Waals surface area contributed by atoms with Gasteiger partial charge in [0.05, 0.1) is 4.91 Å². The summed E-state index contributed by atoms with van der Waals surface area (Å²) < 4.78 is 0.446. The third kappa shape index (κ3) is 4.97. The van der Waals surface area contributed by atoms with Gasteiger partial charge >= 0.3 is 0 Å². The Bertz CT molecular complexity index is 943. The number of rotatable bonds is 5. The lowest BCUT2D eigenvalue weighted by atomic mass is 10.2. The van der Waals surface area contributed by atoms with Crippen molar-refractivity contribution in [1.29, 1.82) is 0 Å². The second-order valence-electron chi connectivity index (χ2n) is 6.02. The van der Waals surface area contributed by atoms with Crippen molar-refractivity contribution >= 4 is 63.5 Å². The minimum absolute atomic E-state index is 0.162. The van der Waals surface area contributed by atoms with Crippen LogP contribution in [0.2, 0.25) is 5.02 Å². The van der Waals surface area contributed by atoms with E-state index in [9.17, 15) is 9.59 Å². The predicted octanol–water partition coefficient (Wildman–Crippen LogP) is 4.88. The molecule has 0 radical (unpaired) electrons. The van der Waals surface area contributed by atoms with E-state index >= 15 is 0 Å². The van der Waals surface area contributed by atoms with Crippen molar-refractivity contribution in [3.05, 3.63) is 69.6 Å². The van der Waals surface area contributed by atoms with Gasteiger partial charge in [-0.3, -0.25) is 14.5 Å². The van der Waals surface area contributed by atoms with E-state index in [1.807, 2.05) is 49.4 Å². The minimum atomic E-state index is -0.201. The number of nitrogens with zero attached hydrogens (tertiary/aromatic N) is 1. The van der Waals surface area contributed by atoms with E-state index in [1.54, 1.807) is 12.1 Å². The fourth-order valence-corrected chi connectivity index (χ4v) is 4.08. The number of nitrogens with one attached hydrogen (secondary N) is 1. The summed E-state index contributed by atoms with van der Waals surface area (Å²) in [6, 6.07) is 14.9. The van der Waals surface area contributed by atoms with E-state index < -0.39 is 0 Å². The molecular formula is C20H17ClN2O2S2. The topological polar surface area (TPSA) is 49.4 Å². The molecule has 2 aromatic rings. The first-order valence-electron chi connectivity index (χ1n) is 8.30. The van der Waals surface area contributed by atoms with Gasteiger partial charge in [-0.25, -0.2) is 0 Å². The van der Waals surface area contributed by atoms with Crippen LogP contribution in [0, 0.1) is 6.92 Å². The maximum Gasteiger partial charge on any atom is 0.266 e. The third-order valence-electron chi connectivity index (χ3n) is 3.93. The van der Waals surface area contributed by atoms with Crippen LogP contribution < -0.4 is 5.32 Å². The summed E-state index contributed by atoms with van der Waals surface area (Å²) in [4.78, 5) is 26.8. The number of hydrogen-bond donors (Lipinski definition) is 1. The molecule has 2 amide bonds. The Morgan fingerprint density at radius 3 is 2.78 bits per heavy atom. The lowest BCUT2D eigenvalue weighted by Gasteiger charge is -2.14. The van der Waals surface area contributed by atoms with Crippen LogP contribution in [0.15, 0.2) is 53.4 Å². The van der Waals surface area contributed by atoms with E-state index in [-0.39, 0.29) is 24.8 Å². The first-order valence-corrected chi connectivity index (χ1v) is 9.91. The Kier molecular flexibility index (Phi) is 6.31. The van der Waals surface area contributed by atoms with Crippen molar-refractivity contribution in [2.24, 2.45) is 0 Å². The zero-order chi connectivity index (χ0) is 19.4. The first kappa shape index (κ1) is 19.6. The molecule has 0 spiro atoms. The number of hydrogen-bond acceptors (Lipinski definition) is 4. The highest BCUT2D eigenvalue weighted by molar-refractivity contribution is 8.26. The Morgan fingerprint density at radius 1 is 1.26 bits per heavy atom. The highest BCUT2D eigenvalue weighted by atomic mass is 35.5. The van der Waals surface area contributed by atoms with Crippen molar-refractivity contribution in [1.82, 2.24) is 4.90 Å². The van der Waals surface area contributed by atoms with Crippen molar-refractivity contribution in [3.8, 4) is 0 Å². The minimum Gasteiger partial charge on any atom is -0.326 e. The number of benzene rings is 2. The maximum atomic E-state index is 12.6. The molecular weight excluding hydrogens is 400 g/mol. The van der Waals surface area contributed by atoms with Gasteiger partial charge in [0.25, 0.3) is 5.91 Å². The predicted molar refractivity (Wildman–Crippen MR) is 116 cm³/mol. The molecule has 0 saturated carbocycles. The number of thioether (sulfide) groups is 1. The highest BCUT2D eigenvalue weighted by Crippen LogP contribution is 2.33. The van der Waals surface area contributed by atoms with Crippen molar-refractivity contribution in [2.75, 3.05) is 11.9 Å². The lowest BCUT2D eigenvalue weighted by molar-refractivity contribution is -0.122. The van der Waals surface area contributed by atoms with Gasteiger partial charge in [0, 0.05) is 23.7 Å². The number of carbonyl (C=O) groups excluding carboxylic acids is 2. The monoisotopic (exact) mass is 416 g/mol. The number of carbonyl (C=O) groups is 2. The Balaban J connectivity index is 1.62. The lowest BCUT2D eigenvalue weighted by Crippen LogP contribution is -2.31. The molecule has 1 fully saturated rings. The third-order valence-corrected chi connectivity index (χ3v) is 5.65. The number of aryl methyl sites for hydroxylation is 1. The van der Waals surface area contributed by atoms with Crippen LogP contribution in [0.25, 0.3) is 6.08 Å². The molecule has 27 heavy (non-hydrogen) atoms. The molecule has 1 aliphatic heterocycles. The summed E-state index contributed by atoms with van der Waals surface area (Å²) in [7, 11) is 0. The Morgan fingerprint density at radius 2 is 2.04 bits per heavy atom. The Labute approximate surface area is 172 Å². The average molecular weight is 417 g/mol. The molecule has 0 aliphatic carbocycles. The SMILES string of the molecule is Cc1cccc(NC(=O)CCN2C(=O)/C(=C\c3ccccc3Cl)SC2=S)c1. The molecule has 0 bridgehead atoms. The largest absolute Gasteiger partial charge is 0.326 e. The standard InChI is InChI=1S/C20H17ClN2O2S2/c1-13-5-4-7-15(11-13)22-18(24)9-10-23-19(25)17(27-20(23)26)12-14-6-2-3-8-16(14)21/h2-8,11-12H,9-10H2,1H3,(H,22,24)/b17-12+. The van der Waals surface area contributed by atoms with Gasteiger partial charge in [-0.05, 0) is 42.3 Å². The van der Waals surface area contributed by atoms with Crippen molar-refractivity contribution in [3.63, 3.8) is 0 Å². The molecule has 7 heteroatoms. The number of amides is 2. The van der Waals surface area contributed by atoms with E-state index in [2.05, 4.69) is 5.32 Å². The maximum absolute atomic E-state index is 12.6. The summed E-state index contributed by atoms with van der Waals surface area (Å²) in [6.07, 6.45) is 1.90. The molecule has 3 rings (SSSR count). The van der Waals surface area contributed by atoms with Gasteiger partial charge in [0.2, 0.25) is 5.91 Å². The first-order chi connectivity index (χ1) is 12.9. The van der Waals surface area contributed by atoms with Gasteiger partial charge in [-0.15, -0.1) is 0 Å². The smallest absolute Gasteiger partial charge is 0.266 e. The molecule has 2 aromatic carbocycles. The van der Waals surface area contributed by atoms with Gasteiger partial charge in [0.15, 0.2) is 0 Å². The van der Waals surface area contributed by atoms with Crippen LogP contribution in [0.1, 0.15) is 17.5 Å². The van der Waals surface area contributed by atoms with Crippen LogP contribution in [0.4, 0.5) is 5.69 Å². The fourth-order valence-electron chi connectivity index (χ4n) is 2.59. The van der Waals surface area contributed by atoms with Crippen molar-refractivity contribution < 1.29 is 9.59 Å². The zero-order valence-corrected chi connectivity index (χ0v) is 17.0. The molecule has 0 atom stereocenters. The molecule has 1 saturated heterocycles. The van der Waals surface area contributed by atoms with E-state index in [0.29, 0.717) is 14.2 Å². The van der Waals surface area contributed by atoms with Crippen LogP contribution in [0.5, 0.6) is 0 Å². The summed E-state index contributed by atoms with van der Waals surface area (Å²) in [5, 5.41) is 3.41. The number of halogens is 1. The summed E-state index contributed by atoms with van der Waals surface area (Å²) in [6.45, 7) is 2.20. The second kappa shape index (κ2) is 8.69. The van der Waals surface area contributed by atoms with Crippen molar-refractivity contribution in [2.45, 2.75) is 13.3 Å². The highest BCUT2D eigenvalue weighted by Gasteiger charge is 2.32. The molecule has 4 nitrogen and oxygen atoms in total. The summed E-state index contributed by atoms with van der Waals surface area (Å²) >= 11 is 12.7. The Hall–Kier alpha value is -2.15. The van der Waals surface area contributed by atoms with Gasteiger partial charge in [0.1, 0.15) is 4.32 Å². The number of anilines is 1. The van der Waals surface area contributed by atoms with Gasteiger partial charge in [-0.1, -0.05) is 65.9 Å². The molecule has 1 aliphatic rings. The van der Waals surface area contributed by atoms with Gasteiger partial charge in [-0.2, -0.15) is 0 Å². The summed E-state index contributed by atoms with van der Waals surface area (Å²) in [5.41, 5.74) is 2.57. The molecule has 0 aromatic heterocycles. The average Bonchev–Trinajstić information content (AvgIpc) is 2.88. The van der Waals surface area contributed by atoms with E-state index in [1.165, 1.54) is 16.7 Å².